The second-order valence-electron chi connectivity index (χ2n) is 7.57. The maximum atomic E-state index is 4.67. The van der Waals surface area contributed by atoms with Crippen LogP contribution in [-0.4, -0.2) is 4.98 Å². The van der Waals surface area contributed by atoms with Gasteiger partial charge in [0.15, 0.2) is 0 Å². The number of hydrogen-bond donors (Lipinski definition) is 0. The van der Waals surface area contributed by atoms with Crippen molar-refractivity contribution in [3.05, 3.63) is 66.4 Å². The molecule has 2 heterocycles. The quantitative estimate of drug-likeness (QED) is 0.398. The van der Waals surface area contributed by atoms with Gasteiger partial charge in [0.05, 0.1) is 5.69 Å². The summed E-state index contributed by atoms with van der Waals surface area (Å²) < 4.78 is 2.67. The lowest BCUT2D eigenvalue weighted by Crippen LogP contribution is -2.09. The summed E-state index contributed by atoms with van der Waals surface area (Å²) in [5.41, 5.74) is 3.95. The Hall–Kier alpha value is -2.19. The molecule has 0 bridgehead atoms. The van der Waals surface area contributed by atoms with Crippen molar-refractivity contribution in [2.24, 2.45) is 5.41 Å². The molecule has 0 aliphatic rings. The first-order valence-corrected chi connectivity index (χ1v) is 9.18. The van der Waals surface area contributed by atoms with E-state index in [4.69, 9.17) is 0 Å². The molecule has 0 aliphatic heterocycles. The zero-order valence-electron chi connectivity index (χ0n) is 14.3. The van der Waals surface area contributed by atoms with Crippen molar-refractivity contribution in [3.8, 4) is 11.3 Å². The lowest BCUT2D eigenvalue weighted by Gasteiger charge is -2.18. The van der Waals surface area contributed by atoms with E-state index in [1.54, 1.807) is 0 Å². The Kier molecular flexibility index (Phi) is 3.65. The van der Waals surface area contributed by atoms with Crippen molar-refractivity contribution in [1.82, 2.24) is 4.98 Å². The summed E-state index contributed by atoms with van der Waals surface area (Å²) >= 11 is 1.86. The lowest BCUT2D eigenvalue weighted by atomic mass is 9.88. The van der Waals surface area contributed by atoms with Crippen LogP contribution >= 0.6 is 11.3 Å². The minimum Gasteiger partial charge on any atom is -0.256 e. The fraction of sp³-hybridized carbons (Fsp3) is 0.227. The normalized spacial score (nSPS) is 12.1. The van der Waals surface area contributed by atoms with Gasteiger partial charge in [-0.05, 0) is 35.6 Å². The van der Waals surface area contributed by atoms with Crippen LogP contribution in [0.15, 0.2) is 60.8 Å². The summed E-state index contributed by atoms with van der Waals surface area (Å²) in [6, 6.07) is 19.6. The topological polar surface area (TPSA) is 12.9 Å². The van der Waals surface area contributed by atoms with Gasteiger partial charge in [-0.3, -0.25) is 4.98 Å². The van der Waals surface area contributed by atoms with Crippen LogP contribution in [0.25, 0.3) is 31.4 Å². The molecule has 1 nitrogen and oxygen atoms in total. The number of nitrogens with zero attached hydrogens (tertiary/aromatic N) is 1. The van der Waals surface area contributed by atoms with Gasteiger partial charge in [0, 0.05) is 31.9 Å². The highest BCUT2D eigenvalue weighted by Crippen LogP contribution is 2.39. The molecule has 0 N–H and O–H groups in total. The van der Waals surface area contributed by atoms with Gasteiger partial charge in [-0.15, -0.1) is 11.3 Å². The monoisotopic (exact) mass is 331 g/mol. The molecular formula is C22H21NS. The minimum atomic E-state index is 0.280. The van der Waals surface area contributed by atoms with Crippen molar-refractivity contribution in [2.75, 3.05) is 0 Å². The molecule has 4 aromatic rings. The van der Waals surface area contributed by atoms with Gasteiger partial charge in [-0.1, -0.05) is 57.2 Å². The predicted octanol–water partition coefficient (Wildman–Crippen LogP) is 6.71. The largest absolute Gasteiger partial charge is 0.256 e. The molecule has 0 spiro atoms. The van der Waals surface area contributed by atoms with E-state index in [1.807, 2.05) is 17.5 Å². The fourth-order valence-corrected chi connectivity index (χ4v) is 4.52. The van der Waals surface area contributed by atoms with E-state index in [1.165, 1.54) is 31.3 Å². The second kappa shape index (κ2) is 5.71. The second-order valence-corrected chi connectivity index (χ2v) is 8.62. The molecule has 2 aromatic carbocycles. The van der Waals surface area contributed by atoms with E-state index in [0.717, 1.165) is 12.1 Å². The predicted molar refractivity (Wildman–Crippen MR) is 106 cm³/mol. The Bertz CT molecular complexity index is 1020. The molecule has 0 atom stereocenters. The highest BCUT2D eigenvalue weighted by Gasteiger charge is 2.14. The third-order valence-electron chi connectivity index (χ3n) is 4.24. The average Bonchev–Trinajstić information content (AvgIpc) is 2.92. The Morgan fingerprint density at radius 1 is 0.917 bits per heavy atom. The number of fused-ring (bicyclic) bond motifs is 3. The SMILES string of the molecule is CC(C)(C)Cc1ccnc(-c2cccc3c2sc2ccccc23)c1. The van der Waals surface area contributed by atoms with Gasteiger partial charge in [-0.25, -0.2) is 0 Å². The Balaban J connectivity index is 1.89. The number of hydrogen-bond acceptors (Lipinski definition) is 2. The third-order valence-corrected chi connectivity index (χ3v) is 5.46. The van der Waals surface area contributed by atoms with Crippen LogP contribution in [0, 0.1) is 5.41 Å². The number of aromatic nitrogens is 1. The average molecular weight is 331 g/mol. The van der Waals surface area contributed by atoms with E-state index in [0.29, 0.717) is 0 Å². The zero-order valence-corrected chi connectivity index (χ0v) is 15.2. The van der Waals surface area contributed by atoms with E-state index < -0.39 is 0 Å². The van der Waals surface area contributed by atoms with E-state index >= 15 is 0 Å². The summed E-state index contributed by atoms with van der Waals surface area (Å²) in [5, 5.41) is 2.67. The molecule has 2 aromatic heterocycles. The fourth-order valence-electron chi connectivity index (χ4n) is 3.29. The van der Waals surface area contributed by atoms with Gasteiger partial charge in [0.25, 0.3) is 0 Å². The van der Waals surface area contributed by atoms with Gasteiger partial charge in [0.2, 0.25) is 0 Å². The number of thiophene rings is 1. The highest BCUT2D eigenvalue weighted by atomic mass is 32.1. The van der Waals surface area contributed by atoms with Crippen molar-refractivity contribution in [3.63, 3.8) is 0 Å². The Morgan fingerprint density at radius 2 is 1.71 bits per heavy atom. The molecule has 0 fully saturated rings. The molecule has 2 heteroatoms. The maximum Gasteiger partial charge on any atom is 0.0719 e. The zero-order chi connectivity index (χ0) is 16.7. The Morgan fingerprint density at radius 3 is 2.54 bits per heavy atom. The summed E-state index contributed by atoms with van der Waals surface area (Å²) in [4.78, 5) is 4.67. The summed E-state index contributed by atoms with van der Waals surface area (Å²) in [7, 11) is 0. The van der Waals surface area contributed by atoms with Gasteiger partial charge in [-0.2, -0.15) is 0 Å². The molecule has 24 heavy (non-hydrogen) atoms. The molecule has 120 valence electrons. The lowest BCUT2D eigenvalue weighted by molar-refractivity contribution is 0.411. The minimum absolute atomic E-state index is 0.280. The molecular weight excluding hydrogens is 310 g/mol. The molecule has 0 unspecified atom stereocenters. The molecule has 0 saturated heterocycles. The van der Waals surface area contributed by atoms with Crippen molar-refractivity contribution < 1.29 is 0 Å². The van der Waals surface area contributed by atoms with E-state index in [-0.39, 0.29) is 5.41 Å². The first kappa shape index (κ1) is 15.3. The molecule has 0 saturated carbocycles. The van der Waals surface area contributed by atoms with Crippen LogP contribution in [0.1, 0.15) is 26.3 Å². The summed E-state index contributed by atoms with van der Waals surface area (Å²) in [6.45, 7) is 6.83. The van der Waals surface area contributed by atoms with Crippen LogP contribution in [0.3, 0.4) is 0 Å². The van der Waals surface area contributed by atoms with Crippen LogP contribution in [-0.2, 0) is 6.42 Å². The van der Waals surface area contributed by atoms with Crippen molar-refractivity contribution in [2.45, 2.75) is 27.2 Å². The molecule has 4 rings (SSSR count). The smallest absolute Gasteiger partial charge is 0.0719 e. The summed E-state index contributed by atoms with van der Waals surface area (Å²) in [5.74, 6) is 0. The molecule has 0 amide bonds. The van der Waals surface area contributed by atoms with E-state index in [2.05, 4.69) is 80.4 Å². The maximum absolute atomic E-state index is 4.67. The highest BCUT2D eigenvalue weighted by molar-refractivity contribution is 7.26. The first-order chi connectivity index (χ1) is 11.5. The van der Waals surface area contributed by atoms with Crippen LogP contribution in [0.2, 0.25) is 0 Å². The first-order valence-electron chi connectivity index (χ1n) is 8.37. The van der Waals surface area contributed by atoms with E-state index in [9.17, 15) is 0 Å². The molecule has 0 radical (unpaired) electrons. The standard InChI is InChI=1S/C22H21NS/c1-22(2,3)14-15-11-12-23-19(13-15)18-9-6-8-17-16-7-4-5-10-20(16)24-21(17)18/h4-13H,14H2,1-3H3. The molecule has 0 aliphatic carbocycles. The van der Waals surface area contributed by atoms with Gasteiger partial charge < -0.3 is 0 Å². The van der Waals surface area contributed by atoms with Gasteiger partial charge in [0.1, 0.15) is 0 Å². The van der Waals surface area contributed by atoms with Crippen molar-refractivity contribution in [1.29, 1.82) is 0 Å². The third kappa shape index (κ3) is 2.83. The number of rotatable bonds is 2. The van der Waals surface area contributed by atoms with Crippen LogP contribution in [0.4, 0.5) is 0 Å². The van der Waals surface area contributed by atoms with Crippen molar-refractivity contribution >= 4 is 31.5 Å². The Labute approximate surface area is 147 Å². The van der Waals surface area contributed by atoms with Gasteiger partial charge >= 0.3 is 0 Å². The van der Waals surface area contributed by atoms with Crippen LogP contribution < -0.4 is 0 Å². The number of pyridine rings is 1. The number of benzene rings is 2. The summed E-state index contributed by atoms with van der Waals surface area (Å²) in [6.07, 6.45) is 3.01. The van der Waals surface area contributed by atoms with Crippen LogP contribution in [0.5, 0.6) is 0 Å².